The zero-order chi connectivity index (χ0) is 14.3. The highest BCUT2D eigenvalue weighted by molar-refractivity contribution is 5.77. The number of hydrogen-bond acceptors (Lipinski definition) is 2. The van der Waals surface area contributed by atoms with E-state index in [1.807, 2.05) is 18.0 Å². The van der Waals surface area contributed by atoms with Gasteiger partial charge in [0.15, 0.2) is 0 Å². The molecule has 4 heteroatoms. The van der Waals surface area contributed by atoms with Gasteiger partial charge in [-0.3, -0.25) is 9.69 Å². The topological polar surface area (TPSA) is 32.3 Å². The third kappa shape index (κ3) is 5.83. The van der Waals surface area contributed by atoms with Gasteiger partial charge in [0, 0.05) is 6.54 Å². The lowest BCUT2D eigenvalue weighted by atomic mass is 10.1. The number of rotatable bonds is 7. The van der Waals surface area contributed by atoms with Gasteiger partial charge in [-0.15, -0.1) is 0 Å². The number of carbonyl (C=O) groups excluding carboxylic acids is 1. The molecule has 0 aliphatic rings. The lowest BCUT2D eigenvalue weighted by Gasteiger charge is -2.15. The molecule has 0 aliphatic carbocycles. The number of halogens is 1. The first-order valence-electron chi connectivity index (χ1n) is 6.73. The predicted octanol–water partition coefficient (Wildman–Crippen LogP) is 2.48. The fourth-order valence-electron chi connectivity index (χ4n) is 1.76. The van der Waals surface area contributed by atoms with Gasteiger partial charge in [-0.05, 0) is 44.1 Å². The van der Waals surface area contributed by atoms with Gasteiger partial charge in [-0.1, -0.05) is 25.5 Å². The Hall–Kier alpha value is -1.42. The van der Waals surface area contributed by atoms with Crippen LogP contribution in [-0.2, 0) is 11.3 Å². The second-order valence-electron chi connectivity index (χ2n) is 4.95. The highest BCUT2D eigenvalue weighted by atomic mass is 19.1. The summed E-state index contributed by atoms with van der Waals surface area (Å²) in [7, 11) is 1.93. The van der Waals surface area contributed by atoms with Gasteiger partial charge in [0.2, 0.25) is 5.91 Å². The number of amides is 1. The summed E-state index contributed by atoms with van der Waals surface area (Å²) in [5.41, 5.74) is 1.40. The van der Waals surface area contributed by atoms with Crippen molar-refractivity contribution in [2.75, 3.05) is 20.1 Å². The Labute approximate surface area is 114 Å². The first-order chi connectivity index (χ1) is 9.02. The minimum Gasteiger partial charge on any atom is -0.351 e. The minimum atomic E-state index is -0.230. The molecule has 0 aromatic heterocycles. The number of hydrogen-bond donors (Lipinski definition) is 1. The van der Waals surface area contributed by atoms with Crippen LogP contribution in [-0.4, -0.2) is 30.9 Å². The molecule has 1 aromatic carbocycles. The second kappa shape index (κ2) is 7.89. The first-order valence-corrected chi connectivity index (χ1v) is 6.73. The Morgan fingerprint density at radius 1 is 1.42 bits per heavy atom. The van der Waals surface area contributed by atoms with Gasteiger partial charge in [0.05, 0.1) is 6.54 Å². The predicted molar refractivity (Wildman–Crippen MR) is 75.4 cm³/mol. The van der Waals surface area contributed by atoms with E-state index in [4.69, 9.17) is 0 Å². The highest BCUT2D eigenvalue weighted by Crippen LogP contribution is 2.08. The molecule has 0 unspecified atom stereocenters. The van der Waals surface area contributed by atoms with Crippen molar-refractivity contribution in [3.8, 4) is 0 Å². The van der Waals surface area contributed by atoms with Crippen LogP contribution in [0.5, 0.6) is 0 Å². The average Bonchev–Trinajstić information content (AvgIpc) is 2.38. The van der Waals surface area contributed by atoms with Crippen LogP contribution in [0, 0.1) is 12.7 Å². The Kier molecular flexibility index (Phi) is 6.50. The molecule has 0 bridgehead atoms. The maximum Gasteiger partial charge on any atom is 0.234 e. The average molecular weight is 266 g/mol. The lowest BCUT2D eigenvalue weighted by molar-refractivity contribution is -0.122. The molecule has 0 atom stereocenters. The number of carbonyl (C=O) groups is 1. The lowest BCUT2D eigenvalue weighted by Crippen LogP contribution is -2.35. The Morgan fingerprint density at radius 3 is 2.79 bits per heavy atom. The number of benzene rings is 1. The molecule has 0 saturated heterocycles. The van der Waals surface area contributed by atoms with Crippen molar-refractivity contribution < 1.29 is 9.18 Å². The molecule has 0 spiro atoms. The monoisotopic (exact) mass is 266 g/mol. The molecule has 0 aliphatic heterocycles. The van der Waals surface area contributed by atoms with Crippen LogP contribution in [0.3, 0.4) is 0 Å². The molecule has 1 aromatic rings. The first kappa shape index (κ1) is 15.6. The van der Waals surface area contributed by atoms with E-state index in [2.05, 4.69) is 12.2 Å². The molecule has 106 valence electrons. The molecule has 3 nitrogen and oxygen atoms in total. The van der Waals surface area contributed by atoms with E-state index in [9.17, 15) is 9.18 Å². The molecule has 1 rings (SSSR count). The molecule has 19 heavy (non-hydrogen) atoms. The van der Waals surface area contributed by atoms with Gasteiger partial charge in [0.25, 0.3) is 0 Å². The summed E-state index contributed by atoms with van der Waals surface area (Å²) < 4.78 is 13.3. The Bertz CT molecular complexity index is 421. The largest absolute Gasteiger partial charge is 0.351 e. The number of unbranched alkanes of at least 4 members (excludes halogenated alkanes) is 1. The smallest absolute Gasteiger partial charge is 0.234 e. The van der Waals surface area contributed by atoms with Crippen LogP contribution in [0.1, 0.15) is 30.9 Å². The number of nitrogens with one attached hydrogen (secondary N) is 1. The molecule has 0 saturated carbocycles. The van der Waals surface area contributed by atoms with Crippen LogP contribution in [0.2, 0.25) is 0 Å². The summed E-state index contributed by atoms with van der Waals surface area (Å²) >= 11 is 0. The molecule has 0 fully saturated rings. The minimum absolute atomic E-state index is 0.0282. The van der Waals surface area contributed by atoms with Crippen molar-refractivity contribution >= 4 is 5.91 Å². The SMILES string of the molecule is CCCCN(C)CC(=O)NCc1ccc(C)c(F)c1. The van der Waals surface area contributed by atoms with E-state index in [0.717, 1.165) is 24.9 Å². The van der Waals surface area contributed by atoms with Gasteiger partial charge < -0.3 is 5.32 Å². The van der Waals surface area contributed by atoms with E-state index in [1.54, 1.807) is 13.0 Å². The second-order valence-corrected chi connectivity index (χ2v) is 4.95. The quantitative estimate of drug-likeness (QED) is 0.822. The van der Waals surface area contributed by atoms with Crippen molar-refractivity contribution in [1.82, 2.24) is 10.2 Å². The van der Waals surface area contributed by atoms with E-state index in [1.165, 1.54) is 6.07 Å². The van der Waals surface area contributed by atoms with Crippen LogP contribution < -0.4 is 5.32 Å². The molecule has 0 radical (unpaired) electrons. The van der Waals surface area contributed by atoms with Crippen LogP contribution >= 0.6 is 0 Å². The molecule has 1 amide bonds. The van der Waals surface area contributed by atoms with E-state index in [-0.39, 0.29) is 11.7 Å². The van der Waals surface area contributed by atoms with Crippen LogP contribution in [0.15, 0.2) is 18.2 Å². The van der Waals surface area contributed by atoms with Crippen molar-refractivity contribution in [3.05, 3.63) is 35.1 Å². The van der Waals surface area contributed by atoms with Crippen molar-refractivity contribution in [3.63, 3.8) is 0 Å². The molecular formula is C15H23FN2O. The summed E-state index contributed by atoms with van der Waals surface area (Å²) in [6.45, 7) is 5.52. The zero-order valence-electron chi connectivity index (χ0n) is 12.0. The van der Waals surface area contributed by atoms with E-state index in [0.29, 0.717) is 18.7 Å². The van der Waals surface area contributed by atoms with Crippen LogP contribution in [0.25, 0.3) is 0 Å². The van der Waals surface area contributed by atoms with E-state index >= 15 is 0 Å². The van der Waals surface area contributed by atoms with Crippen molar-refractivity contribution in [2.45, 2.75) is 33.2 Å². The van der Waals surface area contributed by atoms with E-state index < -0.39 is 0 Å². The van der Waals surface area contributed by atoms with Crippen LogP contribution in [0.4, 0.5) is 4.39 Å². The van der Waals surface area contributed by atoms with Gasteiger partial charge >= 0.3 is 0 Å². The highest BCUT2D eigenvalue weighted by Gasteiger charge is 2.06. The molecular weight excluding hydrogens is 243 g/mol. The summed E-state index contributed by atoms with van der Waals surface area (Å²) in [4.78, 5) is 13.7. The Morgan fingerprint density at radius 2 is 2.16 bits per heavy atom. The molecule has 0 heterocycles. The summed E-state index contributed by atoms with van der Waals surface area (Å²) in [5, 5.41) is 2.81. The maximum absolute atomic E-state index is 13.3. The maximum atomic E-state index is 13.3. The fourth-order valence-corrected chi connectivity index (χ4v) is 1.76. The van der Waals surface area contributed by atoms with Crippen molar-refractivity contribution in [1.29, 1.82) is 0 Å². The third-order valence-corrected chi connectivity index (χ3v) is 3.03. The summed E-state index contributed by atoms with van der Waals surface area (Å²) in [6, 6.07) is 5.03. The third-order valence-electron chi connectivity index (χ3n) is 3.03. The van der Waals surface area contributed by atoms with Gasteiger partial charge in [-0.2, -0.15) is 0 Å². The fraction of sp³-hybridized carbons (Fsp3) is 0.533. The number of nitrogens with zero attached hydrogens (tertiary/aromatic N) is 1. The summed E-state index contributed by atoms with van der Waals surface area (Å²) in [5.74, 6) is -0.258. The standard InChI is InChI=1S/C15H23FN2O/c1-4-5-8-18(3)11-15(19)17-10-13-7-6-12(2)14(16)9-13/h6-7,9H,4-5,8,10-11H2,1-3H3,(H,17,19). The molecule has 1 N–H and O–H groups in total. The Balaban J connectivity index is 2.35. The number of likely N-dealkylation sites (N-methyl/N-ethyl adjacent to an activating group) is 1. The van der Waals surface area contributed by atoms with Gasteiger partial charge in [0.1, 0.15) is 5.82 Å². The van der Waals surface area contributed by atoms with Gasteiger partial charge in [-0.25, -0.2) is 4.39 Å². The normalized spacial score (nSPS) is 10.8. The van der Waals surface area contributed by atoms with Crippen molar-refractivity contribution in [2.24, 2.45) is 0 Å². The number of aryl methyl sites for hydroxylation is 1. The summed E-state index contributed by atoms with van der Waals surface area (Å²) in [6.07, 6.45) is 2.21. The zero-order valence-corrected chi connectivity index (χ0v) is 12.0.